The van der Waals surface area contributed by atoms with E-state index in [1.54, 1.807) is 36.7 Å². The number of nitrogens with zero attached hydrogens (tertiary/aromatic N) is 3. The Morgan fingerprint density at radius 2 is 1.80 bits per heavy atom. The summed E-state index contributed by atoms with van der Waals surface area (Å²) in [6.07, 6.45) is 3.83. The van der Waals surface area contributed by atoms with E-state index in [0.29, 0.717) is 36.7 Å². The lowest BCUT2D eigenvalue weighted by molar-refractivity contribution is 0.0953. The number of pyridine rings is 1. The first-order chi connectivity index (χ1) is 14.7. The Hall–Kier alpha value is -3.38. The Morgan fingerprint density at radius 3 is 2.60 bits per heavy atom. The average Bonchev–Trinajstić information content (AvgIpc) is 3.13. The largest absolute Gasteiger partial charge is 0.492 e. The number of fused-ring (bicyclic) bond motifs is 1. The zero-order valence-corrected chi connectivity index (χ0v) is 17.0. The van der Waals surface area contributed by atoms with Crippen LogP contribution in [0.15, 0.2) is 73.1 Å². The van der Waals surface area contributed by atoms with Crippen molar-refractivity contribution in [2.45, 2.75) is 13.0 Å². The Labute approximate surface area is 179 Å². The van der Waals surface area contributed by atoms with Gasteiger partial charge in [-0.25, -0.2) is 4.98 Å². The average molecular weight is 421 g/mol. The summed E-state index contributed by atoms with van der Waals surface area (Å²) in [6, 6.07) is 18.7. The number of carbonyl (C=O) groups is 1. The van der Waals surface area contributed by atoms with Gasteiger partial charge in [-0.3, -0.25) is 9.78 Å². The summed E-state index contributed by atoms with van der Waals surface area (Å²) in [6.45, 7) is 1.64. The molecule has 0 aliphatic carbocycles. The molecule has 152 valence electrons. The van der Waals surface area contributed by atoms with Gasteiger partial charge in [0, 0.05) is 35.9 Å². The van der Waals surface area contributed by atoms with Crippen LogP contribution in [0.4, 0.5) is 0 Å². The van der Waals surface area contributed by atoms with Crippen molar-refractivity contribution < 1.29 is 9.53 Å². The minimum atomic E-state index is -0.119. The van der Waals surface area contributed by atoms with Crippen molar-refractivity contribution in [3.63, 3.8) is 0 Å². The molecule has 1 amide bonds. The number of ether oxygens (including phenoxy) is 1. The number of hydrogen-bond acceptors (Lipinski definition) is 4. The quantitative estimate of drug-likeness (QED) is 0.465. The van der Waals surface area contributed by atoms with Crippen LogP contribution in [0, 0.1) is 0 Å². The monoisotopic (exact) mass is 420 g/mol. The van der Waals surface area contributed by atoms with Gasteiger partial charge in [-0.2, -0.15) is 0 Å². The first-order valence-electron chi connectivity index (χ1n) is 9.71. The first kappa shape index (κ1) is 19.9. The van der Waals surface area contributed by atoms with E-state index < -0.39 is 0 Å². The van der Waals surface area contributed by atoms with E-state index in [2.05, 4.69) is 14.9 Å². The molecule has 4 aromatic rings. The molecule has 30 heavy (non-hydrogen) atoms. The lowest BCUT2D eigenvalue weighted by Gasteiger charge is -2.11. The molecule has 0 aliphatic heterocycles. The second-order valence-electron chi connectivity index (χ2n) is 6.71. The molecule has 2 aromatic heterocycles. The normalized spacial score (nSPS) is 10.8. The fourth-order valence-electron chi connectivity index (χ4n) is 3.24. The number of benzene rings is 2. The van der Waals surface area contributed by atoms with Gasteiger partial charge in [-0.05, 0) is 48.5 Å². The van der Waals surface area contributed by atoms with Gasteiger partial charge in [0.25, 0.3) is 5.91 Å². The predicted molar refractivity (Wildman–Crippen MR) is 117 cm³/mol. The van der Waals surface area contributed by atoms with Crippen LogP contribution < -0.4 is 10.1 Å². The van der Waals surface area contributed by atoms with Gasteiger partial charge in [0.1, 0.15) is 18.2 Å². The molecular weight excluding hydrogens is 400 g/mol. The van der Waals surface area contributed by atoms with Crippen molar-refractivity contribution in [2.24, 2.45) is 0 Å². The zero-order chi connectivity index (χ0) is 20.8. The Balaban J connectivity index is 1.42. The van der Waals surface area contributed by atoms with Crippen LogP contribution in [0.3, 0.4) is 0 Å². The van der Waals surface area contributed by atoms with E-state index >= 15 is 0 Å². The highest BCUT2D eigenvalue weighted by molar-refractivity contribution is 6.30. The molecule has 4 rings (SSSR count). The second kappa shape index (κ2) is 9.41. The van der Waals surface area contributed by atoms with E-state index in [-0.39, 0.29) is 5.91 Å². The van der Waals surface area contributed by atoms with Crippen LogP contribution in [0.25, 0.3) is 11.0 Å². The fraction of sp³-hybridized carbons (Fsp3) is 0.174. The lowest BCUT2D eigenvalue weighted by Crippen LogP contribution is -2.26. The topological polar surface area (TPSA) is 69.0 Å². The third kappa shape index (κ3) is 4.78. The van der Waals surface area contributed by atoms with Crippen molar-refractivity contribution in [2.75, 3.05) is 13.2 Å². The maximum atomic E-state index is 12.2. The number of rotatable bonds is 8. The summed E-state index contributed by atoms with van der Waals surface area (Å²) in [5, 5.41) is 3.62. The SMILES string of the molecule is O=C(NCCc1nc2ccccc2n1CCOc1ccc(Cl)cc1)c1ccncc1. The number of hydrogen-bond donors (Lipinski definition) is 1. The van der Waals surface area contributed by atoms with Gasteiger partial charge in [-0.1, -0.05) is 23.7 Å². The summed E-state index contributed by atoms with van der Waals surface area (Å²) >= 11 is 5.92. The van der Waals surface area contributed by atoms with Gasteiger partial charge < -0.3 is 14.6 Å². The van der Waals surface area contributed by atoms with Crippen molar-refractivity contribution in [1.29, 1.82) is 0 Å². The standard InChI is InChI=1S/C23H21ClN4O2/c24-18-5-7-19(8-6-18)30-16-15-28-21-4-2-1-3-20(21)27-22(28)11-14-26-23(29)17-9-12-25-13-10-17/h1-10,12-13H,11,14-16H2,(H,26,29). The Kier molecular flexibility index (Phi) is 6.25. The highest BCUT2D eigenvalue weighted by atomic mass is 35.5. The van der Waals surface area contributed by atoms with Crippen molar-refractivity contribution in [1.82, 2.24) is 19.9 Å². The molecule has 0 unspecified atom stereocenters. The number of amides is 1. The lowest BCUT2D eigenvalue weighted by atomic mass is 10.2. The Morgan fingerprint density at radius 1 is 1.03 bits per heavy atom. The molecule has 2 heterocycles. The molecule has 0 saturated carbocycles. The number of carbonyl (C=O) groups excluding carboxylic acids is 1. The van der Waals surface area contributed by atoms with Gasteiger partial charge >= 0.3 is 0 Å². The van der Waals surface area contributed by atoms with E-state index in [4.69, 9.17) is 21.3 Å². The molecule has 0 radical (unpaired) electrons. The number of halogens is 1. The third-order valence-corrected chi connectivity index (χ3v) is 4.96. The summed E-state index contributed by atoms with van der Waals surface area (Å²) in [4.78, 5) is 20.9. The second-order valence-corrected chi connectivity index (χ2v) is 7.15. The third-order valence-electron chi connectivity index (χ3n) is 4.71. The van der Waals surface area contributed by atoms with E-state index in [1.165, 1.54) is 0 Å². The smallest absolute Gasteiger partial charge is 0.251 e. The fourth-order valence-corrected chi connectivity index (χ4v) is 3.37. The van der Waals surface area contributed by atoms with Gasteiger partial charge in [0.05, 0.1) is 17.6 Å². The minimum absolute atomic E-state index is 0.119. The molecule has 6 nitrogen and oxygen atoms in total. The number of aromatic nitrogens is 3. The minimum Gasteiger partial charge on any atom is -0.492 e. The maximum Gasteiger partial charge on any atom is 0.251 e. The van der Waals surface area contributed by atoms with Crippen molar-refractivity contribution in [3.05, 3.63) is 89.5 Å². The zero-order valence-electron chi connectivity index (χ0n) is 16.3. The number of imidazole rings is 1. The molecule has 0 bridgehead atoms. The van der Waals surface area contributed by atoms with E-state index in [1.807, 2.05) is 36.4 Å². The van der Waals surface area contributed by atoms with E-state index in [0.717, 1.165) is 22.6 Å². The Bertz CT molecular complexity index is 1130. The van der Waals surface area contributed by atoms with Crippen LogP contribution in [0.5, 0.6) is 5.75 Å². The molecule has 0 fully saturated rings. The van der Waals surface area contributed by atoms with Crippen LogP contribution in [0.2, 0.25) is 5.02 Å². The maximum absolute atomic E-state index is 12.2. The molecule has 0 aliphatic rings. The molecular formula is C23H21ClN4O2. The molecule has 0 atom stereocenters. The van der Waals surface area contributed by atoms with E-state index in [9.17, 15) is 4.79 Å². The predicted octanol–water partition coefficient (Wildman–Crippen LogP) is 4.14. The van der Waals surface area contributed by atoms with Crippen molar-refractivity contribution >= 4 is 28.5 Å². The van der Waals surface area contributed by atoms with Crippen molar-refractivity contribution in [3.8, 4) is 5.75 Å². The van der Waals surface area contributed by atoms with Crippen LogP contribution in [-0.2, 0) is 13.0 Å². The first-order valence-corrected chi connectivity index (χ1v) is 10.1. The highest BCUT2D eigenvalue weighted by Crippen LogP contribution is 2.18. The van der Waals surface area contributed by atoms with Crippen LogP contribution in [-0.4, -0.2) is 33.6 Å². The molecule has 7 heteroatoms. The summed E-state index contributed by atoms with van der Waals surface area (Å²) in [5.74, 6) is 1.56. The molecule has 1 N–H and O–H groups in total. The molecule has 0 spiro atoms. The summed E-state index contributed by atoms with van der Waals surface area (Å²) in [5.41, 5.74) is 2.57. The van der Waals surface area contributed by atoms with Crippen LogP contribution in [0.1, 0.15) is 16.2 Å². The van der Waals surface area contributed by atoms with Gasteiger partial charge in [-0.15, -0.1) is 0 Å². The molecule has 0 saturated heterocycles. The summed E-state index contributed by atoms with van der Waals surface area (Å²) in [7, 11) is 0. The van der Waals surface area contributed by atoms with Crippen LogP contribution >= 0.6 is 11.6 Å². The summed E-state index contributed by atoms with van der Waals surface area (Å²) < 4.78 is 8.00. The number of para-hydroxylation sites is 2. The number of nitrogens with one attached hydrogen (secondary N) is 1. The highest BCUT2D eigenvalue weighted by Gasteiger charge is 2.11. The van der Waals surface area contributed by atoms with Gasteiger partial charge in [0.2, 0.25) is 0 Å². The molecule has 2 aromatic carbocycles. The van der Waals surface area contributed by atoms with Gasteiger partial charge in [0.15, 0.2) is 0 Å².